The third-order valence-corrected chi connectivity index (χ3v) is 5.86. The zero-order chi connectivity index (χ0) is 15.6. The molecule has 2 aliphatic rings. The highest BCUT2D eigenvalue weighted by Crippen LogP contribution is 2.37. The van der Waals surface area contributed by atoms with E-state index in [9.17, 15) is 4.79 Å². The van der Waals surface area contributed by atoms with Gasteiger partial charge in [0, 0.05) is 24.6 Å². The van der Waals surface area contributed by atoms with Gasteiger partial charge < -0.3 is 10.1 Å². The van der Waals surface area contributed by atoms with E-state index in [4.69, 9.17) is 4.74 Å². The Morgan fingerprint density at radius 1 is 1.39 bits per heavy atom. The van der Waals surface area contributed by atoms with Crippen molar-refractivity contribution < 1.29 is 9.53 Å². The monoisotopic (exact) mass is 333 g/mol. The summed E-state index contributed by atoms with van der Waals surface area (Å²) >= 11 is 1.64. The van der Waals surface area contributed by atoms with Gasteiger partial charge in [-0.3, -0.25) is 4.79 Å². The van der Waals surface area contributed by atoms with E-state index in [0.717, 1.165) is 55.9 Å². The molecule has 0 atom stereocenters. The normalized spacial score (nSPS) is 18.1. The molecule has 0 aromatic carbocycles. The third kappa shape index (κ3) is 2.88. The summed E-state index contributed by atoms with van der Waals surface area (Å²) in [6.45, 7) is 2.30. The summed E-state index contributed by atoms with van der Waals surface area (Å²) in [7, 11) is 0. The minimum atomic E-state index is 0.00129. The lowest BCUT2D eigenvalue weighted by molar-refractivity contribution is 0.0642. The molecule has 0 unspecified atom stereocenters. The molecule has 7 nitrogen and oxygen atoms in total. The predicted molar refractivity (Wildman–Crippen MR) is 84.9 cm³/mol. The van der Waals surface area contributed by atoms with E-state index in [1.165, 1.54) is 10.4 Å². The number of nitrogens with one attached hydrogen (secondary N) is 1. The second kappa shape index (κ2) is 6.37. The topological polar surface area (TPSA) is 81.9 Å². The van der Waals surface area contributed by atoms with Gasteiger partial charge in [-0.05, 0) is 54.0 Å². The van der Waals surface area contributed by atoms with E-state index >= 15 is 0 Å². The molecule has 1 amide bonds. The van der Waals surface area contributed by atoms with E-state index in [1.54, 1.807) is 22.3 Å². The molecule has 1 N–H and O–H groups in total. The average Bonchev–Trinajstić information content (AvgIpc) is 3.29. The fraction of sp³-hybridized carbons (Fsp3) is 0.600. The van der Waals surface area contributed by atoms with Crippen LogP contribution in [-0.4, -0.2) is 45.9 Å². The maximum atomic E-state index is 12.8. The molecule has 1 fully saturated rings. The van der Waals surface area contributed by atoms with Crippen LogP contribution in [-0.2, 0) is 17.6 Å². The van der Waals surface area contributed by atoms with Crippen molar-refractivity contribution in [3.05, 3.63) is 22.3 Å². The number of hydrogen-bond donors (Lipinski definition) is 1. The number of thiophene rings is 1. The molecule has 2 aromatic rings. The number of amides is 1. The number of tetrazole rings is 1. The summed E-state index contributed by atoms with van der Waals surface area (Å²) in [4.78, 5) is 14.1. The van der Waals surface area contributed by atoms with Crippen molar-refractivity contribution >= 4 is 17.2 Å². The highest BCUT2D eigenvalue weighted by molar-refractivity contribution is 7.15. The number of hydrogen-bond acceptors (Lipinski definition) is 6. The molecule has 0 saturated carbocycles. The quantitative estimate of drug-likeness (QED) is 0.914. The van der Waals surface area contributed by atoms with Crippen molar-refractivity contribution in [2.24, 2.45) is 5.92 Å². The fourth-order valence-corrected chi connectivity index (χ4v) is 4.62. The Morgan fingerprint density at radius 3 is 3.04 bits per heavy atom. The average molecular weight is 333 g/mol. The lowest BCUT2D eigenvalue weighted by atomic mass is 10.00. The standard InChI is InChI=1S/C15H19N5O2S/c21-14(16-8-10-4-6-22-7-5-10)13-11-2-1-3-12(11)23-15(13)20-9-17-18-19-20/h9-10H,1-8H2,(H,16,21). The Labute approximate surface area is 138 Å². The predicted octanol–water partition coefficient (Wildman–Crippen LogP) is 1.37. The molecule has 1 aliphatic heterocycles. The van der Waals surface area contributed by atoms with Gasteiger partial charge in [-0.15, -0.1) is 16.4 Å². The van der Waals surface area contributed by atoms with Crippen LogP contribution in [0.15, 0.2) is 6.33 Å². The molecule has 1 aliphatic carbocycles. The van der Waals surface area contributed by atoms with Gasteiger partial charge in [0.05, 0.1) is 5.56 Å². The second-order valence-corrected chi connectivity index (χ2v) is 7.14. The molecule has 0 spiro atoms. The van der Waals surface area contributed by atoms with Gasteiger partial charge in [0.2, 0.25) is 0 Å². The Morgan fingerprint density at radius 2 is 2.26 bits per heavy atom. The Hall–Kier alpha value is -1.80. The van der Waals surface area contributed by atoms with Crippen LogP contribution < -0.4 is 5.32 Å². The van der Waals surface area contributed by atoms with Gasteiger partial charge >= 0.3 is 0 Å². The van der Waals surface area contributed by atoms with Gasteiger partial charge in [-0.25, -0.2) is 0 Å². The number of fused-ring (bicyclic) bond motifs is 1. The lowest BCUT2D eigenvalue weighted by Gasteiger charge is -2.22. The number of nitrogens with zero attached hydrogens (tertiary/aromatic N) is 4. The molecule has 23 heavy (non-hydrogen) atoms. The SMILES string of the molecule is O=C(NCC1CCOCC1)c1c(-n2cnnn2)sc2c1CCC2. The molecular weight excluding hydrogens is 314 g/mol. The van der Waals surface area contributed by atoms with E-state index < -0.39 is 0 Å². The zero-order valence-electron chi connectivity index (χ0n) is 12.8. The Balaban J connectivity index is 1.56. The van der Waals surface area contributed by atoms with Crippen molar-refractivity contribution in [2.75, 3.05) is 19.8 Å². The summed E-state index contributed by atoms with van der Waals surface area (Å²) < 4.78 is 6.97. The first-order valence-corrected chi connectivity index (χ1v) is 8.88. The van der Waals surface area contributed by atoms with Crippen LogP contribution in [0.2, 0.25) is 0 Å². The number of aromatic nitrogens is 4. The maximum Gasteiger partial charge on any atom is 0.254 e. The number of carbonyl (C=O) groups is 1. The third-order valence-electron chi connectivity index (χ3n) is 4.58. The maximum absolute atomic E-state index is 12.8. The van der Waals surface area contributed by atoms with E-state index in [-0.39, 0.29) is 5.91 Å². The molecule has 4 rings (SSSR count). The number of rotatable bonds is 4. The van der Waals surface area contributed by atoms with Gasteiger partial charge in [-0.2, -0.15) is 4.68 Å². The van der Waals surface area contributed by atoms with Crippen LogP contribution in [0.25, 0.3) is 5.00 Å². The van der Waals surface area contributed by atoms with Crippen LogP contribution in [0.3, 0.4) is 0 Å². The smallest absolute Gasteiger partial charge is 0.254 e. The highest BCUT2D eigenvalue weighted by Gasteiger charge is 2.28. The summed E-state index contributed by atoms with van der Waals surface area (Å²) in [5.41, 5.74) is 1.95. The van der Waals surface area contributed by atoms with Gasteiger partial charge in [-0.1, -0.05) is 0 Å². The molecule has 1 saturated heterocycles. The number of aryl methyl sites for hydroxylation is 1. The number of ether oxygens (including phenoxy) is 1. The van der Waals surface area contributed by atoms with Crippen LogP contribution in [0, 0.1) is 5.92 Å². The molecule has 0 bridgehead atoms. The van der Waals surface area contributed by atoms with Gasteiger partial charge in [0.25, 0.3) is 5.91 Å². The minimum Gasteiger partial charge on any atom is -0.381 e. The molecule has 2 aromatic heterocycles. The van der Waals surface area contributed by atoms with Crippen LogP contribution >= 0.6 is 11.3 Å². The van der Waals surface area contributed by atoms with Crippen molar-refractivity contribution in [3.63, 3.8) is 0 Å². The van der Waals surface area contributed by atoms with Crippen molar-refractivity contribution in [3.8, 4) is 5.00 Å². The summed E-state index contributed by atoms with van der Waals surface area (Å²) in [5, 5.41) is 15.3. The first-order chi connectivity index (χ1) is 11.3. The van der Waals surface area contributed by atoms with Crippen molar-refractivity contribution in [2.45, 2.75) is 32.1 Å². The summed E-state index contributed by atoms with van der Waals surface area (Å²) in [6, 6.07) is 0. The fourth-order valence-electron chi connectivity index (χ4n) is 3.32. The molecule has 122 valence electrons. The highest BCUT2D eigenvalue weighted by atomic mass is 32.1. The van der Waals surface area contributed by atoms with Crippen molar-refractivity contribution in [1.82, 2.24) is 25.5 Å². The number of carbonyl (C=O) groups excluding carboxylic acids is 1. The summed E-state index contributed by atoms with van der Waals surface area (Å²) in [6.07, 6.45) is 6.72. The molecule has 3 heterocycles. The van der Waals surface area contributed by atoms with Crippen LogP contribution in [0.4, 0.5) is 0 Å². The Bertz CT molecular complexity index is 691. The van der Waals surface area contributed by atoms with Crippen LogP contribution in [0.5, 0.6) is 0 Å². The zero-order valence-corrected chi connectivity index (χ0v) is 13.6. The van der Waals surface area contributed by atoms with Gasteiger partial charge in [0.1, 0.15) is 11.3 Å². The minimum absolute atomic E-state index is 0.00129. The second-order valence-electron chi connectivity index (χ2n) is 6.06. The largest absolute Gasteiger partial charge is 0.381 e. The van der Waals surface area contributed by atoms with Gasteiger partial charge in [0.15, 0.2) is 0 Å². The van der Waals surface area contributed by atoms with E-state index in [2.05, 4.69) is 20.8 Å². The first kappa shape index (κ1) is 14.8. The lowest BCUT2D eigenvalue weighted by Crippen LogP contribution is -2.32. The molecule has 8 heteroatoms. The van der Waals surface area contributed by atoms with E-state index in [0.29, 0.717) is 12.5 Å². The molecule has 0 radical (unpaired) electrons. The van der Waals surface area contributed by atoms with Crippen molar-refractivity contribution in [1.29, 1.82) is 0 Å². The summed E-state index contributed by atoms with van der Waals surface area (Å²) in [5.74, 6) is 0.511. The Kier molecular flexibility index (Phi) is 4.09. The van der Waals surface area contributed by atoms with Crippen LogP contribution in [0.1, 0.15) is 40.1 Å². The molecular formula is C15H19N5O2S. The first-order valence-electron chi connectivity index (χ1n) is 8.07. The van der Waals surface area contributed by atoms with E-state index in [1.807, 2.05) is 0 Å².